The molecule has 0 amide bonds. The van der Waals surface area contributed by atoms with Crippen molar-refractivity contribution in [2.24, 2.45) is 5.10 Å². The van der Waals surface area contributed by atoms with Gasteiger partial charge in [0, 0.05) is 5.56 Å². The van der Waals surface area contributed by atoms with E-state index in [-0.39, 0.29) is 0 Å². The fraction of sp³-hybridized carbons (Fsp3) is 0.222. The zero-order valence-electron chi connectivity index (χ0n) is 7.19. The number of hydrazone groups is 1. The lowest BCUT2D eigenvalue weighted by Crippen LogP contribution is -2.30. The quantitative estimate of drug-likeness (QED) is 0.666. The molecule has 2 rings (SSSR count). The topological polar surface area (TPSA) is 33.6 Å². The van der Waals surface area contributed by atoms with Crippen molar-refractivity contribution in [3.63, 3.8) is 0 Å². The highest BCUT2D eigenvalue weighted by Crippen LogP contribution is 2.28. The van der Waals surface area contributed by atoms with Gasteiger partial charge in [0.1, 0.15) is 0 Å². The fourth-order valence-electron chi connectivity index (χ4n) is 1.15. The number of nitrogens with one attached hydrogen (secondary N) is 1. The van der Waals surface area contributed by atoms with Crippen molar-refractivity contribution in [2.45, 2.75) is 12.0 Å². The summed E-state index contributed by atoms with van der Waals surface area (Å²) in [5.74, 6) is 0. The van der Waals surface area contributed by atoms with Gasteiger partial charge in [0.05, 0.1) is 0 Å². The van der Waals surface area contributed by atoms with Crippen molar-refractivity contribution in [3.8, 4) is 0 Å². The first kappa shape index (κ1) is 8.44. The van der Waals surface area contributed by atoms with E-state index in [9.17, 15) is 0 Å². The molecule has 1 aliphatic rings. The average Bonchev–Trinajstić information content (AvgIpc) is 2.54. The number of hydrogen-bond acceptors (Lipinski definition) is 4. The maximum atomic E-state index is 5.23. The fourth-order valence-corrected chi connectivity index (χ4v) is 1.41. The standard InChI is InChI=1S/C9H10N2OS/c1-7-2-4-8(5-3-7)9(13)11-10-6-12-9/h2-6,11,13H,1H3. The van der Waals surface area contributed by atoms with Gasteiger partial charge in [-0.05, 0) is 6.92 Å². The van der Waals surface area contributed by atoms with Crippen LogP contribution < -0.4 is 5.43 Å². The van der Waals surface area contributed by atoms with E-state index in [1.54, 1.807) is 0 Å². The molecule has 0 fully saturated rings. The third-order valence-corrected chi connectivity index (χ3v) is 2.40. The first-order chi connectivity index (χ1) is 6.21. The molecule has 4 heteroatoms. The summed E-state index contributed by atoms with van der Waals surface area (Å²) in [6.07, 6.45) is 1.35. The van der Waals surface area contributed by atoms with Crippen LogP contribution in [0.2, 0.25) is 0 Å². The van der Waals surface area contributed by atoms with Gasteiger partial charge < -0.3 is 4.74 Å². The molecule has 1 atom stereocenters. The summed E-state index contributed by atoms with van der Waals surface area (Å²) in [5, 5.41) is 2.96. The molecular formula is C9H10N2OS. The van der Waals surface area contributed by atoms with E-state index in [0.29, 0.717) is 0 Å². The van der Waals surface area contributed by atoms with E-state index in [0.717, 1.165) is 5.56 Å². The number of benzene rings is 1. The van der Waals surface area contributed by atoms with Gasteiger partial charge in [-0.1, -0.05) is 29.8 Å². The number of rotatable bonds is 1. The maximum absolute atomic E-state index is 5.23. The Morgan fingerprint density at radius 3 is 2.62 bits per heavy atom. The zero-order valence-corrected chi connectivity index (χ0v) is 8.08. The Bertz CT molecular complexity index is 326. The van der Waals surface area contributed by atoms with Crippen LogP contribution in [0, 0.1) is 6.92 Å². The van der Waals surface area contributed by atoms with Gasteiger partial charge in [-0.3, -0.25) is 5.43 Å². The van der Waals surface area contributed by atoms with Crippen LogP contribution in [0.1, 0.15) is 11.1 Å². The molecule has 1 aliphatic heterocycles. The number of ether oxygens (including phenoxy) is 1. The van der Waals surface area contributed by atoms with Crippen LogP contribution in [0.4, 0.5) is 0 Å². The zero-order chi connectivity index (χ0) is 9.31. The van der Waals surface area contributed by atoms with Gasteiger partial charge in [0.25, 0.3) is 5.06 Å². The summed E-state index contributed by atoms with van der Waals surface area (Å²) in [6, 6.07) is 7.95. The van der Waals surface area contributed by atoms with Crippen LogP contribution in [-0.4, -0.2) is 6.40 Å². The highest BCUT2D eigenvalue weighted by Gasteiger charge is 2.31. The summed E-state index contributed by atoms with van der Waals surface area (Å²) in [7, 11) is 0. The average molecular weight is 194 g/mol. The minimum Gasteiger partial charge on any atom is -0.441 e. The summed E-state index contributed by atoms with van der Waals surface area (Å²) >= 11 is 4.35. The number of nitrogens with zero attached hydrogens (tertiary/aromatic N) is 1. The largest absolute Gasteiger partial charge is 0.441 e. The number of hydrogen-bond donors (Lipinski definition) is 2. The van der Waals surface area contributed by atoms with Gasteiger partial charge in [-0.15, -0.1) is 17.7 Å². The molecule has 1 aromatic rings. The molecule has 68 valence electrons. The minimum absolute atomic E-state index is 0.798. The lowest BCUT2D eigenvalue weighted by Gasteiger charge is -2.21. The maximum Gasteiger partial charge on any atom is 0.268 e. The monoisotopic (exact) mass is 194 g/mol. The Morgan fingerprint density at radius 2 is 2.08 bits per heavy atom. The Hall–Kier alpha value is -1.16. The van der Waals surface area contributed by atoms with Crippen molar-refractivity contribution < 1.29 is 4.74 Å². The summed E-state index contributed by atoms with van der Waals surface area (Å²) < 4.78 is 5.23. The third-order valence-electron chi connectivity index (χ3n) is 1.93. The molecule has 13 heavy (non-hydrogen) atoms. The summed E-state index contributed by atoms with van der Waals surface area (Å²) in [4.78, 5) is 0. The van der Waals surface area contributed by atoms with Crippen LogP contribution in [0.5, 0.6) is 0 Å². The molecule has 0 aliphatic carbocycles. The van der Waals surface area contributed by atoms with Crippen LogP contribution in [0.15, 0.2) is 29.4 Å². The second kappa shape index (κ2) is 2.96. The number of thiol groups is 1. The molecule has 0 saturated carbocycles. The van der Waals surface area contributed by atoms with E-state index in [1.165, 1.54) is 12.0 Å². The Balaban J connectivity index is 2.30. The van der Waals surface area contributed by atoms with Gasteiger partial charge >= 0.3 is 0 Å². The molecule has 1 unspecified atom stereocenters. The highest BCUT2D eigenvalue weighted by molar-refractivity contribution is 7.81. The van der Waals surface area contributed by atoms with Crippen molar-refractivity contribution in [2.75, 3.05) is 0 Å². The van der Waals surface area contributed by atoms with E-state index in [1.807, 2.05) is 31.2 Å². The van der Waals surface area contributed by atoms with Gasteiger partial charge in [-0.25, -0.2) is 0 Å². The molecule has 1 heterocycles. The van der Waals surface area contributed by atoms with Gasteiger partial charge in [0.2, 0.25) is 0 Å². The molecule has 0 bridgehead atoms. The van der Waals surface area contributed by atoms with Crippen molar-refractivity contribution in [1.29, 1.82) is 0 Å². The van der Waals surface area contributed by atoms with Crippen LogP contribution in [0.3, 0.4) is 0 Å². The van der Waals surface area contributed by atoms with Crippen LogP contribution in [-0.2, 0) is 9.79 Å². The van der Waals surface area contributed by atoms with Gasteiger partial charge in [0.15, 0.2) is 6.40 Å². The molecule has 3 nitrogen and oxygen atoms in total. The lowest BCUT2D eigenvalue weighted by molar-refractivity contribution is 0.160. The van der Waals surface area contributed by atoms with E-state index in [4.69, 9.17) is 4.74 Å². The van der Waals surface area contributed by atoms with Gasteiger partial charge in [-0.2, -0.15) is 0 Å². The predicted molar refractivity (Wildman–Crippen MR) is 54.6 cm³/mol. The SMILES string of the molecule is Cc1ccc(C2(S)NN=CO2)cc1. The molecule has 0 spiro atoms. The predicted octanol–water partition coefficient (Wildman–Crippen LogP) is 1.60. The van der Waals surface area contributed by atoms with E-state index >= 15 is 0 Å². The van der Waals surface area contributed by atoms with E-state index < -0.39 is 5.06 Å². The van der Waals surface area contributed by atoms with Crippen LogP contribution in [0.25, 0.3) is 0 Å². The van der Waals surface area contributed by atoms with E-state index in [2.05, 4.69) is 23.2 Å². The Morgan fingerprint density at radius 1 is 1.38 bits per heavy atom. The molecule has 0 saturated heterocycles. The second-order valence-corrected chi connectivity index (χ2v) is 3.60. The summed E-state index contributed by atoms with van der Waals surface area (Å²) in [6.45, 7) is 2.04. The van der Waals surface area contributed by atoms with Crippen molar-refractivity contribution in [3.05, 3.63) is 35.4 Å². The molecule has 0 radical (unpaired) electrons. The Labute approximate surface area is 82.2 Å². The normalized spacial score (nSPS) is 25.4. The molecule has 1 N–H and O–H groups in total. The Kier molecular flexibility index (Phi) is 1.92. The van der Waals surface area contributed by atoms with Crippen molar-refractivity contribution >= 4 is 19.0 Å². The third kappa shape index (κ3) is 1.49. The van der Waals surface area contributed by atoms with Crippen LogP contribution >= 0.6 is 12.6 Å². The highest BCUT2D eigenvalue weighted by atomic mass is 32.1. The van der Waals surface area contributed by atoms with Crippen molar-refractivity contribution in [1.82, 2.24) is 5.43 Å². The minimum atomic E-state index is -0.798. The first-order valence-corrected chi connectivity index (χ1v) is 4.41. The lowest BCUT2D eigenvalue weighted by atomic mass is 10.1. The molecule has 1 aromatic carbocycles. The summed E-state index contributed by atoms with van der Waals surface area (Å²) in [5.41, 5.74) is 4.93. The first-order valence-electron chi connectivity index (χ1n) is 3.97. The number of aryl methyl sites for hydroxylation is 1. The smallest absolute Gasteiger partial charge is 0.268 e. The molecular weight excluding hydrogens is 184 g/mol. The second-order valence-electron chi connectivity index (χ2n) is 2.97. The molecule has 0 aromatic heterocycles.